The largest absolute Gasteiger partial charge is 0.506 e. The van der Waals surface area contributed by atoms with Gasteiger partial charge in [0.15, 0.2) is 0 Å². The molecule has 0 fully saturated rings. The summed E-state index contributed by atoms with van der Waals surface area (Å²) >= 11 is 0. The second kappa shape index (κ2) is 4.84. The van der Waals surface area contributed by atoms with Crippen molar-refractivity contribution in [3.63, 3.8) is 0 Å². The third-order valence-electron chi connectivity index (χ3n) is 1.76. The summed E-state index contributed by atoms with van der Waals surface area (Å²) in [6.07, 6.45) is 1.45. The van der Waals surface area contributed by atoms with Gasteiger partial charge in [0.25, 0.3) is 0 Å². The number of aromatic hydroxyl groups is 1. The highest BCUT2D eigenvalue weighted by atomic mass is 16.3. The van der Waals surface area contributed by atoms with E-state index in [1.54, 1.807) is 6.92 Å². The monoisotopic (exact) mass is 180 g/mol. The number of pyridine rings is 1. The zero-order valence-electron chi connectivity index (χ0n) is 7.36. The quantitative estimate of drug-likeness (QED) is 0.546. The highest BCUT2D eigenvalue weighted by molar-refractivity contribution is 5.75. The van der Waals surface area contributed by atoms with Gasteiger partial charge >= 0.3 is 0 Å². The van der Waals surface area contributed by atoms with Crippen LogP contribution in [0.2, 0.25) is 0 Å². The first kappa shape index (κ1) is 11.9. The molecule has 0 saturated heterocycles. The lowest BCUT2D eigenvalue weighted by Gasteiger charge is -2.07. The van der Waals surface area contributed by atoms with Crippen molar-refractivity contribution in [1.29, 1.82) is 0 Å². The number of aliphatic hydroxyl groups excluding tert-OH is 2. The molecule has 3 radical (unpaired) electrons. The summed E-state index contributed by atoms with van der Waals surface area (Å²) in [6.45, 7) is 1.12. The van der Waals surface area contributed by atoms with Gasteiger partial charge in [0, 0.05) is 25.7 Å². The smallest absolute Gasteiger partial charge is 0.142 e. The van der Waals surface area contributed by atoms with Crippen molar-refractivity contribution in [3.05, 3.63) is 23.0 Å². The van der Waals surface area contributed by atoms with E-state index in [1.165, 1.54) is 6.20 Å². The van der Waals surface area contributed by atoms with Crippen LogP contribution in [-0.4, -0.2) is 28.7 Å². The molecular formula is C8H11BNO3. The summed E-state index contributed by atoms with van der Waals surface area (Å²) in [7, 11) is 0. The molecular weight excluding hydrogens is 169 g/mol. The first-order chi connectivity index (χ1) is 5.70. The molecule has 0 aliphatic heterocycles. The summed E-state index contributed by atoms with van der Waals surface area (Å²) in [6, 6.07) is 0. The molecule has 0 saturated carbocycles. The lowest BCUT2D eigenvalue weighted by atomic mass is 10.1. The van der Waals surface area contributed by atoms with Crippen LogP contribution in [0.25, 0.3) is 0 Å². The molecule has 0 atom stereocenters. The third-order valence-corrected chi connectivity index (χ3v) is 1.76. The normalized spacial score (nSPS) is 9.46. The predicted octanol–water partition coefficient (Wildman–Crippen LogP) is -0.301. The molecule has 5 heteroatoms. The Morgan fingerprint density at radius 1 is 1.31 bits per heavy atom. The number of aryl methyl sites for hydroxylation is 1. The number of aromatic nitrogens is 1. The molecule has 0 amide bonds. The Morgan fingerprint density at radius 2 is 1.92 bits per heavy atom. The van der Waals surface area contributed by atoms with E-state index in [0.29, 0.717) is 16.8 Å². The van der Waals surface area contributed by atoms with Crippen LogP contribution in [0.3, 0.4) is 0 Å². The summed E-state index contributed by atoms with van der Waals surface area (Å²) in [4.78, 5) is 3.84. The van der Waals surface area contributed by atoms with Crippen molar-refractivity contribution in [3.8, 4) is 5.75 Å². The summed E-state index contributed by atoms with van der Waals surface area (Å²) in [5.41, 5.74) is 1.27. The number of nitrogens with zero attached hydrogens (tertiary/aromatic N) is 1. The van der Waals surface area contributed by atoms with Crippen LogP contribution in [-0.2, 0) is 13.2 Å². The summed E-state index contributed by atoms with van der Waals surface area (Å²) in [5.74, 6) is -0.0379. The number of hydrogen-bond donors (Lipinski definition) is 3. The van der Waals surface area contributed by atoms with Gasteiger partial charge in [-0.3, -0.25) is 4.98 Å². The lowest BCUT2D eigenvalue weighted by molar-refractivity contribution is 0.254. The van der Waals surface area contributed by atoms with E-state index in [2.05, 4.69) is 4.98 Å². The number of rotatable bonds is 2. The Balaban J connectivity index is 0.00000144. The Hall–Kier alpha value is -1.07. The van der Waals surface area contributed by atoms with E-state index in [-0.39, 0.29) is 27.4 Å². The minimum atomic E-state index is -0.287. The fraction of sp³-hybridized carbons (Fsp3) is 0.375. The standard InChI is InChI=1S/C8H11NO3.B/c1-5-8(12)7(4-11)6(3-10)2-9-5;/h2,10-12H,3-4H2,1H3;. The molecule has 1 aromatic heterocycles. The topological polar surface area (TPSA) is 73.6 Å². The second-order valence-corrected chi connectivity index (χ2v) is 2.51. The second-order valence-electron chi connectivity index (χ2n) is 2.51. The van der Waals surface area contributed by atoms with Gasteiger partial charge < -0.3 is 15.3 Å². The highest BCUT2D eigenvalue weighted by Gasteiger charge is 2.09. The van der Waals surface area contributed by atoms with Gasteiger partial charge in [0.2, 0.25) is 0 Å². The van der Waals surface area contributed by atoms with Crippen LogP contribution in [0.1, 0.15) is 16.8 Å². The zero-order chi connectivity index (χ0) is 9.14. The van der Waals surface area contributed by atoms with Gasteiger partial charge in [-0.1, -0.05) is 0 Å². The van der Waals surface area contributed by atoms with E-state index in [0.717, 1.165) is 0 Å². The van der Waals surface area contributed by atoms with Crippen LogP contribution in [0.4, 0.5) is 0 Å². The van der Waals surface area contributed by atoms with Crippen molar-refractivity contribution in [2.75, 3.05) is 0 Å². The highest BCUT2D eigenvalue weighted by Crippen LogP contribution is 2.23. The SMILES string of the molecule is Cc1ncc(CO)c(CO)c1O.[B]. The van der Waals surface area contributed by atoms with Crippen molar-refractivity contribution < 1.29 is 15.3 Å². The van der Waals surface area contributed by atoms with Gasteiger partial charge in [-0.15, -0.1) is 0 Å². The Bertz CT molecular complexity index is 291. The van der Waals surface area contributed by atoms with E-state index >= 15 is 0 Å². The van der Waals surface area contributed by atoms with E-state index in [9.17, 15) is 5.11 Å². The van der Waals surface area contributed by atoms with E-state index in [4.69, 9.17) is 10.2 Å². The van der Waals surface area contributed by atoms with Crippen LogP contribution in [0.15, 0.2) is 6.20 Å². The fourth-order valence-corrected chi connectivity index (χ4v) is 0.997. The maximum atomic E-state index is 9.38. The molecule has 0 bridgehead atoms. The van der Waals surface area contributed by atoms with Crippen molar-refractivity contribution in [1.82, 2.24) is 4.98 Å². The Morgan fingerprint density at radius 3 is 2.38 bits per heavy atom. The van der Waals surface area contributed by atoms with Gasteiger partial charge in [0.1, 0.15) is 5.75 Å². The van der Waals surface area contributed by atoms with Crippen molar-refractivity contribution in [2.24, 2.45) is 0 Å². The Labute approximate surface area is 78.5 Å². The fourth-order valence-electron chi connectivity index (χ4n) is 0.997. The van der Waals surface area contributed by atoms with Crippen LogP contribution in [0, 0.1) is 6.92 Å². The molecule has 0 aliphatic carbocycles. The van der Waals surface area contributed by atoms with Crippen LogP contribution in [0.5, 0.6) is 5.75 Å². The molecule has 4 nitrogen and oxygen atoms in total. The first-order valence-electron chi connectivity index (χ1n) is 3.58. The Kier molecular flexibility index (Phi) is 4.44. The van der Waals surface area contributed by atoms with Crippen LogP contribution >= 0.6 is 0 Å². The van der Waals surface area contributed by atoms with Crippen molar-refractivity contribution in [2.45, 2.75) is 20.1 Å². The van der Waals surface area contributed by atoms with Gasteiger partial charge in [0.05, 0.1) is 18.9 Å². The van der Waals surface area contributed by atoms with Gasteiger partial charge in [-0.2, -0.15) is 0 Å². The first-order valence-corrected chi connectivity index (χ1v) is 3.58. The summed E-state index contributed by atoms with van der Waals surface area (Å²) in [5, 5.41) is 27.0. The molecule has 1 heterocycles. The minimum absolute atomic E-state index is 0. The average molecular weight is 180 g/mol. The van der Waals surface area contributed by atoms with Gasteiger partial charge in [-0.25, -0.2) is 0 Å². The zero-order valence-corrected chi connectivity index (χ0v) is 7.36. The molecule has 1 rings (SSSR count). The van der Waals surface area contributed by atoms with Crippen LogP contribution < -0.4 is 0 Å². The average Bonchev–Trinajstić information content (AvgIpc) is 2.09. The maximum Gasteiger partial charge on any atom is 0.142 e. The number of hydrogen-bond acceptors (Lipinski definition) is 4. The van der Waals surface area contributed by atoms with E-state index in [1.807, 2.05) is 0 Å². The predicted molar refractivity (Wildman–Crippen MR) is 48.2 cm³/mol. The molecule has 0 aliphatic rings. The molecule has 3 N–H and O–H groups in total. The maximum absolute atomic E-state index is 9.38. The lowest BCUT2D eigenvalue weighted by Crippen LogP contribution is -1.98. The van der Waals surface area contributed by atoms with E-state index < -0.39 is 0 Å². The summed E-state index contributed by atoms with van der Waals surface area (Å²) < 4.78 is 0. The minimum Gasteiger partial charge on any atom is -0.506 e. The molecule has 0 spiro atoms. The van der Waals surface area contributed by atoms with Gasteiger partial charge in [-0.05, 0) is 6.92 Å². The molecule has 69 valence electrons. The number of aliphatic hydroxyl groups is 2. The van der Waals surface area contributed by atoms with Crippen molar-refractivity contribution >= 4 is 8.41 Å². The molecule has 0 aromatic carbocycles. The molecule has 1 aromatic rings. The third kappa shape index (κ3) is 2.20. The molecule has 13 heavy (non-hydrogen) atoms. The molecule has 0 unspecified atom stereocenters.